The minimum Gasteiger partial charge on any atom is -0.334 e. The number of nitrogens with zero attached hydrogens (tertiary/aromatic N) is 1. The van der Waals surface area contributed by atoms with Crippen molar-refractivity contribution in [3.05, 3.63) is 0 Å². The van der Waals surface area contributed by atoms with Crippen LogP contribution in [0.3, 0.4) is 0 Å². The summed E-state index contributed by atoms with van der Waals surface area (Å²) in [4.78, 5) is 13.0. The van der Waals surface area contributed by atoms with E-state index in [0.717, 1.165) is 11.3 Å². The summed E-state index contributed by atoms with van der Waals surface area (Å²) in [5, 5.41) is 0. The van der Waals surface area contributed by atoms with E-state index >= 15 is 0 Å². The van der Waals surface area contributed by atoms with Gasteiger partial charge in [-0.05, 0) is 32.1 Å². The van der Waals surface area contributed by atoms with Crippen molar-refractivity contribution < 1.29 is 18.0 Å². The number of halogens is 3. The lowest BCUT2D eigenvalue weighted by molar-refractivity contribution is -0.164. The monoisotopic (exact) mass is 266 g/mol. The molecule has 0 aliphatic heterocycles. The molecule has 0 heterocycles. The second kappa shape index (κ2) is 5.91. The van der Waals surface area contributed by atoms with Crippen molar-refractivity contribution >= 4 is 5.91 Å². The number of nitrogens with two attached hydrogens (primary N) is 1. The Kier molecular flexibility index (Phi) is 5.01. The maximum atomic E-state index is 12.4. The lowest BCUT2D eigenvalue weighted by atomic mass is 9.78. The molecule has 0 saturated heterocycles. The summed E-state index contributed by atoms with van der Waals surface area (Å²) in [6.45, 7) is 2.45. The molecule has 0 spiro atoms. The van der Waals surface area contributed by atoms with Crippen LogP contribution in [-0.4, -0.2) is 36.1 Å². The van der Waals surface area contributed by atoms with E-state index in [1.807, 2.05) is 6.92 Å². The van der Waals surface area contributed by atoms with Crippen LogP contribution < -0.4 is 5.73 Å². The predicted octanol–water partition coefficient (Wildman–Crippen LogP) is 2.16. The Morgan fingerprint density at radius 2 is 2.00 bits per heavy atom. The van der Waals surface area contributed by atoms with Crippen LogP contribution in [0.15, 0.2) is 0 Å². The standard InChI is InChI=1S/C12H21F3N2O/c1-3-17(7-12(13,14)15)11(18)9-6-8(2)4-5-10(9)16/h8-10H,3-7,16H2,1-2H3. The van der Waals surface area contributed by atoms with Gasteiger partial charge >= 0.3 is 6.18 Å². The van der Waals surface area contributed by atoms with Crippen LogP contribution in [0, 0.1) is 11.8 Å². The van der Waals surface area contributed by atoms with E-state index in [9.17, 15) is 18.0 Å². The van der Waals surface area contributed by atoms with E-state index in [-0.39, 0.29) is 12.6 Å². The van der Waals surface area contributed by atoms with Gasteiger partial charge in [0.05, 0.1) is 5.92 Å². The van der Waals surface area contributed by atoms with Crippen molar-refractivity contribution in [1.82, 2.24) is 4.90 Å². The predicted molar refractivity (Wildman–Crippen MR) is 62.8 cm³/mol. The molecule has 18 heavy (non-hydrogen) atoms. The van der Waals surface area contributed by atoms with Gasteiger partial charge in [-0.15, -0.1) is 0 Å². The Balaban J connectivity index is 2.70. The zero-order chi connectivity index (χ0) is 13.9. The normalized spacial score (nSPS) is 29.1. The smallest absolute Gasteiger partial charge is 0.334 e. The zero-order valence-corrected chi connectivity index (χ0v) is 10.8. The molecule has 0 radical (unpaired) electrons. The highest BCUT2D eigenvalue weighted by molar-refractivity contribution is 5.79. The molecule has 1 aliphatic carbocycles. The number of hydrogen-bond donors (Lipinski definition) is 1. The summed E-state index contributed by atoms with van der Waals surface area (Å²) in [5.41, 5.74) is 5.87. The highest BCUT2D eigenvalue weighted by Crippen LogP contribution is 2.30. The van der Waals surface area contributed by atoms with Crippen molar-refractivity contribution in [2.24, 2.45) is 17.6 Å². The first-order valence-corrected chi connectivity index (χ1v) is 6.35. The fourth-order valence-corrected chi connectivity index (χ4v) is 2.48. The van der Waals surface area contributed by atoms with E-state index in [1.54, 1.807) is 6.92 Å². The largest absolute Gasteiger partial charge is 0.406 e. The molecule has 3 unspecified atom stereocenters. The molecule has 1 fully saturated rings. The average molecular weight is 266 g/mol. The van der Waals surface area contributed by atoms with Gasteiger partial charge in [-0.25, -0.2) is 0 Å². The Morgan fingerprint density at radius 1 is 1.39 bits per heavy atom. The minimum absolute atomic E-state index is 0.0654. The van der Waals surface area contributed by atoms with Crippen molar-refractivity contribution in [3.63, 3.8) is 0 Å². The summed E-state index contributed by atoms with van der Waals surface area (Å²) in [6, 6.07) is -0.309. The Hall–Kier alpha value is -0.780. The third kappa shape index (κ3) is 4.15. The lowest BCUT2D eigenvalue weighted by Gasteiger charge is -2.35. The molecule has 1 rings (SSSR count). The molecular weight excluding hydrogens is 245 g/mol. The van der Waals surface area contributed by atoms with E-state index in [2.05, 4.69) is 0 Å². The fraction of sp³-hybridized carbons (Fsp3) is 0.917. The minimum atomic E-state index is -4.35. The van der Waals surface area contributed by atoms with Crippen LogP contribution in [0.1, 0.15) is 33.1 Å². The van der Waals surface area contributed by atoms with Gasteiger partial charge in [-0.1, -0.05) is 6.92 Å². The maximum Gasteiger partial charge on any atom is 0.406 e. The molecule has 0 aromatic rings. The first kappa shape index (κ1) is 15.3. The third-order valence-corrected chi connectivity index (χ3v) is 3.55. The van der Waals surface area contributed by atoms with Crippen LogP contribution in [0.25, 0.3) is 0 Å². The molecule has 3 atom stereocenters. The lowest BCUT2D eigenvalue weighted by Crippen LogP contribution is -2.49. The second-order valence-corrected chi connectivity index (χ2v) is 5.16. The molecule has 1 aliphatic rings. The Morgan fingerprint density at radius 3 is 2.50 bits per heavy atom. The van der Waals surface area contributed by atoms with Crippen molar-refractivity contribution in [1.29, 1.82) is 0 Å². The number of carbonyl (C=O) groups excluding carboxylic acids is 1. The van der Waals surface area contributed by atoms with Crippen molar-refractivity contribution in [2.75, 3.05) is 13.1 Å². The van der Waals surface area contributed by atoms with Gasteiger partial charge in [-0.2, -0.15) is 13.2 Å². The third-order valence-electron chi connectivity index (χ3n) is 3.55. The van der Waals surface area contributed by atoms with Gasteiger partial charge in [0.1, 0.15) is 6.54 Å². The van der Waals surface area contributed by atoms with Gasteiger partial charge < -0.3 is 10.6 Å². The number of alkyl halides is 3. The van der Waals surface area contributed by atoms with E-state index in [0.29, 0.717) is 18.8 Å². The summed E-state index contributed by atoms with van der Waals surface area (Å²) in [6.07, 6.45) is -2.11. The van der Waals surface area contributed by atoms with Gasteiger partial charge in [0.25, 0.3) is 0 Å². The van der Waals surface area contributed by atoms with E-state index < -0.39 is 24.5 Å². The molecule has 0 aromatic carbocycles. The second-order valence-electron chi connectivity index (χ2n) is 5.16. The highest BCUT2D eigenvalue weighted by Gasteiger charge is 2.38. The van der Waals surface area contributed by atoms with Crippen LogP contribution >= 0.6 is 0 Å². The maximum absolute atomic E-state index is 12.4. The van der Waals surface area contributed by atoms with Gasteiger partial charge in [0.15, 0.2) is 0 Å². The van der Waals surface area contributed by atoms with Crippen LogP contribution in [0.4, 0.5) is 13.2 Å². The summed E-state index contributed by atoms with van der Waals surface area (Å²) in [7, 11) is 0. The summed E-state index contributed by atoms with van der Waals surface area (Å²) < 4.78 is 37.1. The number of amides is 1. The van der Waals surface area contributed by atoms with E-state index in [4.69, 9.17) is 5.73 Å². The van der Waals surface area contributed by atoms with Crippen LogP contribution in [-0.2, 0) is 4.79 Å². The number of hydrogen-bond acceptors (Lipinski definition) is 2. The molecule has 6 heteroatoms. The van der Waals surface area contributed by atoms with Gasteiger partial charge in [-0.3, -0.25) is 4.79 Å². The summed E-state index contributed by atoms with van der Waals surface area (Å²) in [5.74, 6) is -0.562. The summed E-state index contributed by atoms with van der Waals surface area (Å²) >= 11 is 0. The molecule has 1 amide bonds. The topological polar surface area (TPSA) is 46.3 Å². The molecular formula is C12H21F3N2O. The molecule has 2 N–H and O–H groups in total. The molecule has 0 aromatic heterocycles. The van der Waals surface area contributed by atoms with Gasteiger partial charge in [0.2, 0.25) is 5.91 Å². The molecule has 3 nitrogen and oxygen atoms in total. The average Bonchev–Trinajstić information content (AvgIpc) is 2.27. The number of carbonyl (C=O) groups is 1. The Bertz CT molecular complexity index is 294. The van der Waals surface area contributed by atoms with Crippen LogP contribution in [0.2, 0.25) is 0 Å². The zero-order valence-electron chi connectivity index (χ0n) is 10.8. The van der Waals surface area contributed by atoms with Crippen molar-refractivity contribution in [2.45, 2.75) is 45.3 Å². The first-order valence-electron chi connectivity index (χ1n) is 6.35. The number of rotatable bonds is 3. The van der Waals surface area contributed by atoms with E-state index in [1.165, 1.54) is 0 Å². The van der Waals surface area contributed by atoms with Crippen LogP contribution in [0.5, 0.6) is 0 Å². The Labute approximate surface area is 106 Å². The highest BCUT2D eigenvalue weighted by atomic mass is 19.4. The van der Waals surface area contributed by atoms with Crippen molar-refractivity contribution in [3.8, 4) is 0 Å². The molecule has 1 saturated carbocycles. The first-order chi connectivity index (χ1) is 8.24. The quantitative estimate of drug-likeness (QED) is 0.851. The SMILES string of the molecule is CCN(CC(F)(F)F)C(=O)C1CC(C)CCC1N. The molecule has 106 valence electrons. The van der Waals surface area contributed by atoms with Gasteiger partial charge in [0, 0.05) is 12.6 Å². The fourth-order valence-electron chi connectivity index (χ4n) is 2.48. The molecule has 0 bridgehead atoms.